The van der Waals surface area contributed by atoms with Crippen LogP contribution in [-0.2, 0) is 23.9 Å². The number of rotatable bonds is 6. The van der Waals surface area contributed by atoms with Crippen molar-refractivity contribution in [1.29, 1.82) is 0 Å². The number of hydrogen-bond acceptors (Lipinski definition) is 5. The van der Waals surface area contributed by atoms with Crippen molar-refractivity contribution in [3.05, 3.63) is 34.9 Å². The minimum absolute atomic E-state index is 0.124. The molecule has 0 bridgehead atoms. The molecule has 0 saturated heterocycles. The molecule has 22 heavy (non-hydrogen) atoms. The first-order chi connectivity index (χ1) is 10.5. The average Bonchev–Trinajstić information content (AvgIpc) is 3.18. The van der Waals surface area contributed by atoms with E-state index < -0.39 is 29.2 Å². The van der Waals surface area contributed by atoms with Gasteiger partial charge < -0.3 is 14.3 Å². The Kier molecular flexibility index (Phi) is 4.86. The second kappa shape index (κ2) is 6.48. The van der Waals surface area contributed by atoms with E-state index in [0.717, 1.165) is 0 Å². The van der Waals surface area contributed by atoms with E-state index in [1.54, 1.807) is 38.1 Å². The summed E-state index contributed by atoms with van der Waals surface area (Å²) >= 11 is 5.85. The molecule has 1 fully saturated rings. The lowest BCUT2D eigenvalue weighted by atomic mass is 9.99. The van der Waals surface area contributed by atoms with E-state index in [1.165, 1.54) is 0 Å². The molecule has 2 atom stereocenters. The standard InChI is InChI=1S/C16H17ClO5/c1-3-21-14(19)16(15(20)22-4-2)12(9-18)13(16)10-5-7-11(17)8-6-10/h5-9,12-13H,3-4H2,1-2H3/t12-,13+/m1/s1. The van der Waals surface area contributed by atoms with E-state index in [2.05, 4.69) is 0 Å². The largest absolute Gasteiger partial charge is 0.465 e. The molecule has 5 nitrogen and oxygen atoms in total. The van der Waals surface area contributed by atoms with Crippen molar-refractivity contribution in [3.8, 4) is 0 Å². The highest BCUT2D eigenvalue weighted by Gasteiger charge is 2.77. The van der Waals surface area contributed by atoms with Crippen LogP contribution in [0.1, 0.15) is 25.3 Å². The molecule has 1 aliphatic rings. The maximum atomic E-state index is 12.4. The van der Waals surface area contributed by atoms with Gasteiger partial charge in [-0.05, 0) is 31.5 Å². The summed E-state index contributed by atoms with van der Waals surface area (Å²) in [5.74, 6) is -2.80. The predicted octanol–water partition coefficient (Wildman–Crippen LogP) is 2.36. The minimum atomic E-state index is -1.58. The summed E-state index contributed by atoms with van der Waals surface area (Å²) in [6.45, 7) is 3.54. The minimum Gasteiger partial charge on any atom is -0.465 e. The summed E-state index contributed by atoms with van der Waals surface area (Å²) in [6, 6.07) is 6.70. The number of benzene rings is 1. The average molecular weight is 325 g/mol. The molecule has 0 unspecified atom stereocenters. The van der Waals surface area contributed by atoms with E-state index in [1.807, 2.05) is 0 Å². The van der Waals surface area contributed by atoms with Gasteiger partial charge >= 0.3 is 11.9 Å². The zero-order valence-electron chi connectivity index (χ0n) is 12.4. The Morgan fingerprint density at radius 3 is 2.05 bits per heavy atom. The molecule has 0 aliphatic heterocycles. The quantitative estimate of drug-likeness (QED) is 0.456. The Labute approximate surface area is 133 Å². The van der Waals surface area contributed by atoms with Crippen LogP contribution >= 0.6 is 11.6 Å². The lowest BCUT2D eigenvalue weighted by molar-refractivity contribution is -0.165. The molecule has 0 radical (unpaired) electrons. The lowest BCUT2D eigenvalue weighted by Crippen LogP contribution is -2.33. The van der Waals surface area contributed by atoms with Gasteiger partial charge in [-0.3, -0.25) is 9.59 Å². The number of aldehydes is 1. The fourth-order valence-corrected chi connectivity index (χ4v) is 2.98. The number of halogens is 1. The first-order valence-corrected chi connectivity index (χ1v) is 7.46. The molecular weight excluding hydrogens is 308 g/mol. The van der Waals surface area contributed by atoms with Crippen LogP contribution in [0.4, 0.5) is 0 Å². The van der Waals surface area contributed by atoms with Gasteiger partial charge in [0, 0.05) is 10.9 Å². The first-order valence-electron chi connectivity index (χ1n) is 7.09. The molecule has 0 spiro atoms. The van der Waals surface area contributed by atoms with E-state index >= 15 is 0 Å². The molecule has 2 rings (SSSR count). The summed E-state index contributed by atoms with van der Waals surface area (Å²) in [4.78, 5) is 36.1. The molecule has 1 saturated carbocycles. The van der Waals surface area contributed by atoms with Crippen LogP contribution in [0.25, 0.3) is 0 Å². The topological polar surface area (TPSA) is 69.7 Å². The maximum Gasteiger partial charge on any atom is 0.324 e. The molecule has 1 aromatic rings. The monoisotopic (exact) mass is 324 g/mol. The van der Waals surface area contributed by atoms with Crippen LogP contribution in [0, 0.1) is 11.3 Å². The molecule has 118 valence electrons. The van der Waals surface area contributed by atoms with Crippen molar-refractivity contribution in [3.63, 3.8) is 0 Å². The first kappa shape index (κ1) is 16.5. The summed E-state index contributed by atoms with van der Waals surface area (Å²) in [5.41, 5.74) is -0.899. The van der Waals surface area contributed by atoms with Gasteiger partial charge in [0.25, 0.3) is 0 Å². The Bertz CT molecular complexity index is 563. The third-order valence-electron chi connectivity index (χ3n) is 3.87. The van der Waals surface area contributed by atoms with Gasteiger partial charge in [0.2, 0.25) is 0 Å². The van der Waals surface area contributed by atoms with Crippen LogP contribution in [0.2, 0.25) is 5.02 Å². The Morgan fingerprint density at radius 1 is 1.14 bits per heavy atom. The lowest BCUT2D eigenvalue weighted by Gasteiger charge is -2.15. The molecule has 0 aromatic heterocycles. The Hall–Kier alpha value is -1.88. The summed E-state index contributed by atoms with van der Waals surface area (Å²) in [5, 5.41) is 0.532. The molecular formula is C16H17ClO5. The number of hydrogen-bond donors (Lipinski definition) is 0. The van der Waals surface area contributed by atoms with E-state index in [4.69, 9.17) is 21.1 Å². The molecule has 6 heteroatoms. The Morgan fingerprint density at radius 2 is 1.64 bits per heavy atom. The van der Waals surface area contributed by atoms with E-state index in [-0.39, 0.29) is 13.2 Å². The highest BCUT2D eigenvalue weighted by molar-refractivity contribution is 6.30. The summed E-state index contributed by atoms with van der Waals surface area (Å²) in [7, 11) is 0. The highest BCUT2D eigenvalue weighted by atomic mass is 35.5. The van der Waals surface area contributed by atoms with Crippen molar-refractivity contribution in [2.45, 2.75) is 19.8 Å². The summed E-state index contributed by atoms with van der Waals surface area (Å²) in [6.07, 6.45) is 0.618. The van der Waals surface area contributed by atoms with Gasteiger partial charge in [-0.15, -0.1) is 0 Å². The van der Waals surface area contributed by atoms with Gasteiger partial charge in [0.15, 0.2) is 5.41 Å². The van der Waals surface area contributed by atoms with Crippen LogP contribution in [0.3, 0.4) is 0 Å². The molecule has 1 aliphatic carbocycles. The van der Waals surface area contributed by atoms with Gasteiger partial charge in [-0.2, -0.15) is 0 Å². The third kappa shape index (κ3) is 2.50. The summed E-state index contributed by atoms with van der Waals surface area (Å²) < 4.78 is 10.0. The molecule has 0 amide bonds. The van der Waals surface area contributed by atoms with Gasteiger partial charge in [0.05, 0.1) is 19.1 Å². The van der Waals surface area contributed by atoms with E-state index in [0.29, 0.717) is 16.9 Å². The van der Waals surface area contributed by atoms with Crippen molar-refractivity contribution in [1.82, 2.24) is 0 Å². The van der Waals surface area contributed by atoms with Crippen LogP contribution in [0.15, 0.2) is 24.3 Å². The number of carbonyl (C=O) groups is 3. The number of esters is 2. The van der Waals surface area contributed by atoms with Crippen LogP contribution in [-0.4, -0.2) is 31.4 Å². The maximum absolute atomic E-state index is 12.4. The molecule has 0 heterocycles. The molecule has 1 aromatic carbocycles. The number of ether oxygens (including phenoxy) is 2. The van der Waals surface area contributed by atoms with Gasteiger partial charge in [-0.1, -0.05) is 23.7 Å². The predicted molar refractivity (Wildman–Crippen MR) is 79.4 cm³/mol. The van der Waals surface area contributed by atoms with Gasteiger partial charge in [-0.25, -0.2) is 0 Å². The van der Waals surface area contributed by atoms with E-state index in [9.17, 15) is 14.4 Å². The zero-order valence-corrected chi connectivity index (χ0v) is 13.1. The van der Waals surface area contributed by atoms with Crippen molar-refractivity contribution >= 4 is 29.8 Å². The van der Waals surface area contributed by atoms with Crippen LogP contribution < -0.4 is 0 Å². The second-order valence-electron chi connectivity index (χ2n) is 5.00. The fourth-order valence-electron chi connectivity index (χ4n) is 2.85. The second-order valence-corrected chi connectivity index (χ2v) is 5.44. The van der Waals surface area contributed by atoms with Crippen LogP contribution in [0.5, 0.6) is 0 Å². The third-order valence-corrected chi connectivity index (χ3v) is 4.12. The van der Waals surface area contributed by atoms with Crippen molar-refractivity contribution < 1.29 is 23.9 Å². The van der Waals surface area contributed by atoms with Gasteiger partial charge in [0.1, 0.15) is 6.29 Å². The zero-order chi connectivity index (χ0) is 16.3. The highest BCUT2D eigenvalue weighted by Crippen LogP contribution is 2.65. The smallest absolute Gasteiger partial charge is 0.324 e. The molecule has 0 N–H and O–H groups in total. The normalized spacial score (nSPS) is 21.8. The van der Waals surface area contributed by atoms with Crippen molar-refractivity contribution in [2.75, 3.05) is 13.2 Å². The Balaban J connectivity index is 2.43. The SMILES string of the molecule is CCOC(=O)C1(C(=O)OCC)[C@H](C=O)[C@@H]1c1ccc(Cl)cc1. The number of carbonyl (C=O) groups excluding carboxylic acids is 3. The van der Waals surface area contributed by atoms with Crippen molar-refractivity contribution in [2.24, 2.45) is 11.3 Å². The fraction of sp³-hybridized carbons (Fsp3) is 0.438.